The molecule has 2 fully saturated rings. The number of nitriles is 1. The standard InChI is InChI=1S/C21H27N5O2S.C2H3F3.CH3NO.CH5N/c1-15(13-22)21-25(4)20(28)19(29-21)16-6-5-7-17(12-16)24(3)18(27)14-26-10-8-23(2)9-11-26;1-2(3,4)5;2-1-3;1-2/h5-7,12,19H,8-11,14H2,1-4H3;1H3;1H,(H2,2,3);2H2,1H3. The molecule has 0 bridgehead atoms. The van der Waals surface area contributed by atoms with Gasteiger partial charge in [-0.1, -0.05) is 23.9 Å². The summed E-state index contributed by atoms with van der Waals surface area (Å²) in [7, 11) is 7.06. The first-order chi connectivity index (χ1) is 18.2. The number of piperazine rings is 1. The Hall–Kier alpha value is -3.12. The monoisotopic (exact) mass is 573 g/mol. The van der Waals surface area contributed by atoms with E-state index in [-0.39, 0.29) is 25.1 Å². The molecule has 0 spiro atoms. The molecule has 2 aliphatic rings. The molecule has 0 aliphatic carbocycles. The zero-order valence-electron chi connectivity index (χ0n) is 23.2. The lowest BCUT2D eigenvalue weighted by atomic mass is 10.1. The van der Waals surface area contributed by atoms with Crippen molar-refractivity contribution in [3.05, 3.63) is 40.4 Å². The number of nitrogens with zero attached hydrogens (tertiary/aromatic N) is 5. The number of carbonyl (C=O) groups is 3. The van der Waals surface area contributed by atoms with Crippen molar-refractivity contribution in [1.29, 1.82) is 5.26 Å². The van der Waals surface area contributed by atoms with Gasteiger partial charge in [-0.2, -0.15) is 18.4 Å². The van der Waals surface area contributed by atoms with Crippen molar-refractivity contribution in [3.63, 3.8) is 0 Å². The van der Waals surface area contributed by atoms with E-state index in [0.29, 0.717) is 17.1 Å². The summed E-state index contributed by atoms with van der Waals surface area (Å²) >= 11 is 1.39. The van der Waals surface area contributed by atoms with Crippen molar-refractivity contribution in [3.8, 4) is 6.07 Å². The molecule has 1 unspecified atom stereocenters. The highest BCUT2D eigenvalue weighted by molar-refractivity contribution is 8.04. The molecule has 3 rings (SSSR count). The van der Waals surface area contributed by atoms with E-state index in [0.717, 1.165) is 37.4 Å². The highest BCUT2D eigenvalue weighted by atomic mass is 32.2. The average molecular weight is 574 g/mol. The molecule has 0 radical (unpaired) electrons. The number of alkyl halides is 3. The molecule has 2 saturated heterocycles. The van der Waals surface area contributed by atoms with Crippen molar-refractivity contribution >= 4 is 35.7 Å². The van der Waals surface area contributed by atoms with E-state index in [9.17, 15) is 28.0 Å². The fourth-order valence-corrected chi connectivity index (χ4v) is 4.69. The van der Waals surface area contributed by atoms with Gasteiger partial charge in [0.15, 0.2) is 0 Å². The minimum absolute atomic E-state index is 0.0372. The van der Waals surface area contributed by atoms with Crippen molar-refractivity contribution < 1.29 is 27.6 Å². The summed E-state index contributed by atoms with van der Waals surface area (Å²) in [5.41, 5.74) is 10.8. The summed E-state index contributed by atoms with van der Waals surface area (Å²) in [5, 5.41) is 9.46. The molecule has 0 aromatic heterocycles. The number of rotatable bonds is 4. The van der Waals surface area contributed by atoms with Gasteiger partial charge in [-0.15, -0.1) is 0 Å². The Morgan fingerprint density at radius 3 is 2.23 bits per heavy atom. The van der Waals surface area contributed by atoms with Crippen LogP contribution in [0.25, 0.3) is 0 Å². The Kier molecular flexibility index (Phi) is 16.1. The van der Waals surface area contributed by atoms with Crippen LogP contribution in [0.3, 0.4) is 0 Å². The number of allylic oxidation sites excluding steroid dienone is 1. The summed E-state index contributed by atoms with van der Waals surface area (Å²) in [6, 6.07) is 9.68. The third-order valence-corrected chi connectivity index (χ3v) is 6.98. The summed E-state index contributed by atoms with van der Waals surface area (Å²) in [5.74, 6) is -0.0155. The number of thioether (sulfide) groups is 1. The van der Waals surface area contributed by atoms with Crippen molar-refractivity contribution in [1.82, 2.24) is 14.7 Å². The Morgan fingerprint density at radius 1 is 1.23 bits per heavy atom. The molecule has 2 aliphatic heterocycles. The van der Waals surface area contributed by atoms with E-state index in [2.05, 4.69) is 34.4 Å². The number of carbonyl (C=O) groups excluding carboxylic acids is 3. The largest absolute Gasteiger partial charge is 0.386 e. The lowest BCUT2D eigenvalue weighted by Crippen LogP contribution is -2.48. The number of hydrogen-bond donors (Lipinski definition) is 2. The molecule has 10 nitrogen and oxygen atoms in total. The molecule has 2 heterocycles. The number of hydrogen-bond acceptors (Lipinski definition) is 8. The molecule has 14 heteroatoms. The van der Waals surface area contributed by atoms with E-state index in [1.807, 2.05) is 24.3 Å². The number of anilines is 1. The average Bonchev–Trinajstić information content (AvgIpc) is 3.19. The van der Waals surface area contributed by atoms with E-state index >= 15 is 0 Å². The van der Waals surface area contributed by atoms with Crippen molar-refractivity contribution in [2.45, 2.75) is 25.3 Å². The number of benzene rings is 1. The maximum atomic E-state index is 12.8. The molecular formula is C25H38F3N7O3S. The molecule has 39 heavy (non-hydrogen) atoms. The van der Waals surface area contributed by atoms with Crippen molar-refractivity contribution in [2.75, 3.05) is 65.8 Å². The lowest BCUT2D eigenvalue weighted by Gasteiger charge is -2.32. The van der Waals surface area contributed by atoms with Gasteiger partial charge in [0.05, 0.1) is 23.2 Å². The van der Waals surface area contributed by atoms with E-state index in [4.69, 9.17) is 4.79 Å². The van der Waals surface area contributed by atoms with Gasteiger partial charge in [0.1, 0.15) is 5.25 Å². The number of nitrogens with two attached hydrogens (primary N) is 2. The molecule has 1 atom stereocenters. The van der Waals surface area contributed by atoms with Gasteiger partial charge in [-0.25, -0.2) is 0 Å². The quantitative estimate of drug-likeness (QED) is 0.413. The SMILES string of the molecule is CC(C#N)=C1SC(c2cccc(N(C)C(=O)CN3CCN(C)CC3)c2)C(=O)N1C.CC(F)(F)F.CN.NC=O. The Bertz CT molecular complexity index is 1020. The molecule has 1 aromatic carbocycles. The number of primary amides is 1. The van der Waals surface area contributed by atoms with Crippen LogP contribution in [-0.4, -0.2) is 100 Å². The Balaban J connectivity index is 0.00000125. The van der Waals surface area contributed by atoms with Crippen LogP contribution in [0.1, 0.15) is 24.7 Å². The van der Waals surface area contributed by atoms with Crippen LogP contribution in [0, 0.1) is 11.3 Å². The summed E-state index contributed by atoms with van der Waals surface area (Å²) in [4.78, 5) is 41.7. The number of likely N-dealkylation sites (N-methyl/N-ethyl adjacent to an activating group) is 3. The second-order valence-electron chi connectivity index (χ2n) is 8.48. The smallest absolute Gasteiger partial charge is 0.372 e. The molecule has 3 amide bonds. The van der Waals surface area contributed by atoms with Crippen LogP contribution in [0.4, 0.5) is 18.9 Å². The highest BCUT2D eigenvalue weighted by Gasteiger charge is 2.36. The first kappa shape index (κ1) is 35.9. The van der Waals surface area contributed by atoms with Crippen LogP contribution in [-0.2, 0) is 14.4 Å². The van der Waals surface area contributed by atoms with E-state index < -0.39 is 11.4 Å². The van der Waals surface area contributed by atoms with Gasteiger partial charge in [0.25, 0.3) is 0 Å². The van der Waals surface area contributed by atoms with Crippen LogP contribution < -0.4 is 16.4 Å². The molecular weight excluding hydrogens is 535 g/mol. The summed E-state index contributed by atoms with van der Waals surface area (Å²) < 4.78 is 31.1. The summed E-state index contributed by atoms with van der Waals surface area (Å²) in [6.45, 7) is 6.02. The third kappa shape index (κ3) is 12.5. The molecule has 1 aromatic rings. The third-order valence-electron chi connectivity index (χ3n) is 5.47. The minimum atomic E-state index is -4.00. The predicted octanol–water partition coefficient (Wildman–Crippen LogP) is 2.14. The van der Waals surface area contributed by atoms with Crippen LogP contribution in [0.2, 0.25) is 0 Å². The van der Waals surface area contributed by atoms with Crippen LogP contribution >= 0.6 is 11.8 Å². The normalized spacial score (nSPS) is 18.7. The van der Waals surface area contributed by atoms with E-state index in [1.54, 1.807) is 30.8 Å². The van der Waals surface area contributed by atoms with Gasteiger partial charge < -0.3 is 26.2 Å². The van der Waals surface area contributed by atoms with Gasteiger partial charge in [-0.05, 0) is 38.7 Å². The second kappa shape index (κ2) is 17.5. The molecule has 4 N–H and O–H groups in total. The number of halogens is 3. The van der Waals surface area contributed by atoms with Gasteiger partial charge in [-0.3, -0.25) is 19.3 Å². The molecule has 0 saturated carbocycles. The zero-order valence-corrected chi connectivity index (χ0v) is 24.0. The first-order valence-corrected chi connectivity index (χ1v) is 12.7. The van der Waals surface area contributed by atoms with Crippen LogP contribution in [0.5, 0.6) is 0 Å². The first-order valence-electron chi connectivity index (χ1n) is 11.9. The predicted molar refractivity (Wildman–Crippen MR) is 147 cm³/mol. The minimum Gasteiger partial charge on any atom is -0.372 e. The number of amides is 3. The van der Waals surface area contributed by atoms with Crippen molar-refractivity contribution in [2.24, 2.45) is 11.5 Å². The van der Waals surface area contributed by atoms with Gasteiger partial charge >= 0.3 is 6.18 Å². The lowest BCUT2D eigenvalue weighted by molar-refractivity contribution is -0.126. The van der Waals surface area contributed by atoms with Gasteiger partial charge in [0, 0.05) is 52.9 Å². The van der Waals surface area contributed by atoms with Crippen LogP contribution in [0.15, 0.2) is 34.9 Å². The maximum Gasteiger partial charge on any atom is 0.386 e. The second-order valence-corrected chi connectivity index (χ2v) is 9.58. The van der Waals surface area contributed by atoms with E-state index in [1.165, 1.54) is 18.8 Å². The topological polar surface area (TPSA) is 140 Å². The Morgan fingerprint density at radius 2 is 1.74 bits per heavy atom. The highest BCUT2D eigenvalue weighted by Crippen LogP contribution is 2.45. The fraction of sp³-hybridized carbons (Fsp3) is 0.520. The maximum absolute atomic E-state index is 12.8. The zero-order chi connectivity index (χ0) is 30.3. The fourth-order valence-electron chi connectivity index (χ4n) is 3.46. The van der Waals surface area contributed by atoms with Gasteiger partial charge in [0.2, 0.25) is 18.2 Å². The Labute approximate surface area is 232 Å². The summed E-state index contributed by atoms with van der Waals surface area (Å²) in [6.07, 6.45) is -3.75. The molecule has 218 valence electrons.